The van der Waals surface area contributed by atoms with Gasteiger partial charge in [-0.05, 0) is 45.6 Å². The Kier molecular flexibility index (Phi) is 3.61. The average Bonchev–Trinajstić information content (AvgIpc) is 2.50. The van der Waals surface area contributed by atoms with E-state index in [1.54, 1.807) is 12.4 Å². The minimum atomic E-state index is 0.753. The first kappa shape index (κ1) is 13.0. The van der Waals surface area contributed by atoms with Crippen LogP contribution in [0, 0.1) is 6.92 Å². The summed E-state index contributed by atoms with van der Waals surface area (Å²) < 4.78 is 0.887. The fraction of sp³-hybridized carbons (Fsp3) is 0.0588. The molecule has 98 valence electrons. The lowest BCUT2D eigenvalue weighted by atomic mass is 9.99. The lowest BCUT2D eigenvalue weighted by molar-refractivity contribution is 1.15. The van der Waals surface area contributed by atoms with Gasteiger partial charge in [-0.1, -0.05) is 42.5 Å². The molecule has 0 bridgehead atoms. The molecule has 0 aliphatic rings. The van der Waals surface area contributed by atoms with Gasteiger partial charge in [-0.3, -0.25) is 0 Å². The number of aryl methyl sites for hydroxylation is 1. The predicted molar refractivity (Wildman–Crippen MR) is 85.3 cm³/mol. The Labute approximate surface area is 126 Å². The highest BCUT2D eigenvalue weighted by molar-refractivity contribution is 9.10. The molecule has 2 aromatic carbocycles. The molecule has 0 aliphatic carbocycles. The van der Waals surface area contributed by atoms with Crippen LogP contribution in [0.3, 0.4) is 0 Å². The van der Waals surface area contributed by atoms with Gasteiger partial charge in [-0.15, -0.1) is 0 Å². The normalized spacial score (nSPS) is 10.5. The summed E-state index contributed by atoms with van der Waals surface area (Å²) in [4.78, 5) is 8.77. The maximum absolute atomic E-state index is 4.39. The van der Waals surface area contributed by atoms with E-state index in [-0.39, 0.29) is 0 Å². The molecule has 3 aromatic rings. The van der Waals surface area contributed by atoms with Gasteiger partial charge in [0.1, 0.15) is 0 Å². The Morgan fingerprint density at radius 2 is 1.55 bits per heavy atom. The first-order chi connectivity index (χ1) is 9.74. The molecule has 0 aliphatic heterocycles. The Morgan fingerprint density at radius 3 is 2.25 bits per heavy atom. The number of halogens is 1. The maximum atomic E-state index is 4.39. The zero-order valence-electron chi connectivity index (χ0n) is 11.0. The Hall–Kier alpha value is -2.00. The minimum absolute atomic E-state index is 0.753. The second-order valence-corrected chi connectivity index (χ2v) is 5.54. The number of rotatable bonds is 2. The van der Waals surface area contributed by atoms with Gasteiger partial charge in [0.05, 0.1) is 4.47 Å². The van der Waals surface area contributed by atoms with Gasteiger partial charge in [0.15, 0.2) is 5.82 Å². The Balaban J connectivity index is 2.10. The third-order valence-corrected chi connectivity index (χ3v) is 3.62. The molecule has 0 spiro atoms. The lowest BCUT2D eigenvalue weighted by Gasteiger charge is -2.08. The molecule has 0 saturated carbocycles. The summed E-state index contributed by atoms with van der Waals surface area (Å²) >= 11 is 3.36. The van der Waals surface area contributed by atoms with Crippen molar-refractivity contribution >= 4 is 15.9 Å². The monoisotopic (exact) mass is 324 g/mol. The molecule has 0 saturated heterocycles. The van der Waals surface area contributed by atoms with E-state index in [0.29, 0.717) is 0 Å². The molecule has 3 heteroatoms. The molecular weight excluding hydrogens is 312 g/mol. The van der Waals surface area contributed by atoms with E-state index in [0.717, 1.165) is 15.9 Å². The number of benzene rings is 2. The Morgan fingerprint density at radius 1 is 0.850 bits per heavy atom. The first-order valence-corrected chi connectivity index (χ1v) is 7.17. The second kappa shape index (κ2) is 5.55. The van der Waals surface area contributed by atoms with Crippen LogP contribution in [0.5, 0.6) is 0 Å². The van der Waals surface area contributed by atoms with Gasteiger partial charge in [-0.2, -0.15) is 0 Å². The van der Waals surface area contributed by atoms with Crippen molar-refractivity contribution in [3.63, 3.8) is 0 Å². The molecule has 0 atom stereocenters. The van der Waals surface area contributed by atoms with E-state index in [1.165, 1.54) is 16.7 Å². The summed E-state index contributed by atoms with van der Waals surface area (Å²) in [7, 11) is 0. The van der Waals surface area contributed by atoms with E-state index < -0.39 is 0 Å². The number of nitrogens with zero attached hydrogens (tertiary/aromatic N) is 2. The van der Waals surface area contributed by atoms with E-state index >= 15 is 0 Å². The van der Waals surface area contributed by atoms with Crippen molar-refractivity contribution in [3.8, 4) is 22.5 Å². The largest absolute Gasteiger partial charge is 0.235 e. The minimum Gasteiger partial charge on any atom is -0.235 e. The summed E-state index contributed by atoms with van der Waals surface area (Å²) in [6, 6.07) is 16.7. The van der Waals surface area contributed by atoms with Crippen LogP contribution < -0.4 is 0 Å². The zero-order valence-corrected chi connectivity index (χ0v) is 12.6. The molecule has 20 heavy (non-hydrogen) atoms. The number of hydrogen-bond acceptors (Lipinski definition) is 2. The Bertz CT molecular complexity index is 722. The van der Waals surface area contributed by atoms with Crippen molar-refractivity contribution < 1.29 is 0 Å². The van der Waals surface area contributed by atoms with E-state index in [1.807, 2.05) is 18.2 Å². The topological polar surface area (TPSA) is 25.8 Å². The summed E-state index contributed by atoms with van der Waals surface area (Å²) in [6.07, 6.45) is 3.55. The van der Waals surface area contributed by atoms with Crippen LogP contribution in [-0.4, -0.2) is 9.97 Å². The molecule has 3 rings (SSSR count). The lowest BCUT2D eigenvalue weighted by Crippen LogP contribution is -1.91. The van der Waals surface area contributed by atoms with Crippen LogP contribution in [0.25, 0.3) is 22.5 Å². The van der Waals surface area contributed by atoms with Crippen LogP contribution in [0.2, 0.25) is 0 Å². The van der Waals surface area contributed by atoms with E-state index in [2.05, 4.69) is 63.2 Å². The SMILES string of the molecule is Cc1ccc(-c2ccccc2)cc1-c1ncc(Br)cn1. The van der Waals surface area contributed by atoms with Crippen LogP contribution >= 0.6 is 15.9 Å². The predicted octanol–water partition coefficient (Wildman–Crippen LogP) is 4.88. The molecule has 2 nitrogen and oxygen atoms in total. The highest BCUT2D eigenvalue weighted by atomic mass is 79.9. The standard InChI is InChI=1S/C17H13BrN2/c1-12-7-8-14(13-5-3-2-4-6-13)9-16(12)17-19-10-15(18)11-20-17/h2-11H,1H3. The zero-order chi connectivity index (χ0) is 13.9. The summed E-state index contributed by atoms with van der Waals surface area (Å²) in [6.45, 7) is 2.08. The van der Waals surface area contributed by atoms with Crippen molar-refractivity contribution in [2.24, 2.45) is 0 Å². The fourth-order valence-corrected chi connectivity index (χ4v) is 2.33. The molecule has 1 heterocycles. The number of aromatic nitrogens is 2. The summed E-state index contributed by atoms with van der Waals surface area (Å²) in [5.74, 6) is 0.753. The first-order valence-electron chi connectivity index (χ1n) is 6.38. The summed E-state index contributed by atoms with van der Waals surface area (Å²) in [5.41, 5.74) is 4.62. The summed E-state index contributed by atoms with van der Waals surface area (Å²) in [5, 5.41) is 0. The highest BCUT2D eigenvalue weighted by Crippen LogP contribution is 2.27. The fourth-order valence-electron chi connectivity index (χ4n) is 2.12. The van der Waals surface area contributed by atoms with Gasteiger partial charge in [-0.25, -0.2) is 9.97 Å². The molecule has 0 fully saturated rings. The third-order valence-electron chi connectivity index (χ3n) is 3.21. The van der Waals surface area contributed by atoms with E-state index in [9.17, 15) is 0 Å². The molecule has 0 amide bonds. The van der Waals surface area contributed by atoms with Gasteiger partial charge in [0.2, 0.25) is 0 Å². The van der Waals surface area contributed by atoms with Crippen molar-refractivity contribution in [2.75, 3.05) is 0 Å². The van der Waals surface area contributed by atoms with Crippen LogP contribution in [-0.2, 0) is 0 Å². The van der Waals surface area contributed by atoms with E-state index in [4.69, 9.17) is 0 Å². The molecule has 0 radical (unpaired) electrons. The smallest absolute Gasteiger partial charge is 0.159 e. The second-order valence-electron chi connectivity index (χ2n) is 4.62. The van der Waals surface area contributed by atoms with Gasteiger partial charge in [0, 0.05) is 18.0 Å². The molecule has 0 N–H and O–H groups in total. The number of hydrogen-bond donors (Lipinski definition) is 0. The average molecular weight is 325 g/mol. The van der Waals surface area contributed by atoms with Gasteiger partial charge in [0.25, 0.3) is 0 Å². The van der Waals surface area contributed by atoms with Crippen molar-refractivity contribution in [3.05, 3.63) is 71.0 Å². The van der Waals surface area contributed by atoms with Crippen LogP contribution in [0.4, 0.5) is 0 Å². The van der Waals surface area contributed by atoms with Crippen molar-refractivity contribution in [2.45, 2.75) is 6.92 Å². The maximum Gasteiger partial charge on any atom is 0.159 e. The quantitative estimate of drug-likeness (QED) is 0.671. The van der Waals surface area contributed by atoms with Gasteiger partial charge < -0.3 is 0 Å². The molecular formula is C17H13BrN2. The molecule has 1 aromatic heterocycles. The highest BCUT2D eigenvalue weighted by Gasteiger charge is 2.07. The van der Waals surface area contributed by atoms with Crippen molar-refractivity contribution in [1.82, 2.24) is 9.97 Å². The van der Waals surface area contributed by atoms with Crippen molar-refractivity contribution in [1.29, 1.82) is 0 Å². The third kappa shape index (κ3) is 2.63. The van der Waals surface area contributed by atoms with Crippen LogP contribution in [0.1, 0.15) is 5.56 Å². The van der Waals surface area contributed by atoms with Crippen LogP contribution in [0.15, 0.2) is 65.4 Å². The van der Waals surface area contributed by atoms with Gasteiger partial charge >= 0.3 is 0 Å². The molecule has 0 unspecified atom stereocenters.